The molecule has 2 atom stereocenters. The summed E-state index contributed by atoms with van der Waals surface area (Å²) in [6.45, 7) is 16.0. The van der Waals surface area contributed by atoms with Crippen molar-refractivity contribution >= 4 is 11.8 Å². The molecular formula is C16H30O3. The highest BCUT2D eigenvalue weighted by molar-refractivity contribution is 5.84. The van der Waals surface area contributed by atoms with Gasteiger partial charge in [-0.15, -0.1) is 0 Å². The first-order valence-electron chi connectivity index (χ1n) is 7.04. The van der Waals surface area contributed by atoms with Crippen LogP contribution in [0.15, 0.2) is 0 Å². The fourth-order valence-corrected chi connectivity index (χ4v) is 1.43. The van der Waals surface area contributed by atoms with Crippen LogP contribution in [0.4, 0.5) is 0 Å². The van der Waals surface area contributed by atoms with Crippen LogP contribution in [0.25, 0.3) is 0 Å². The van der Waals surface area contributed by atoms with Crippen molar-refractivity contribution in [2.45, 2.75) is 61.8 Å². The van der Waals surface area contributed by atoms with Crippen molar-refractivity contribution in [3.63, 3.8) is 0 Å². The quantitative estimate of drug-likeness (QED) is 0.713. The fourth-order valence-electron chi connectivity index (χ4n) is 1.43. The summed E-state index contributed by atoms with van der Waals surface area (Å²) in [5.41, 5.74) is -0.372. The van der Waals surface area contributed by atoms with Gasteiger partial charge in [0.15, 0.2) is 0 Å². The second-order valence-corrected chi connectivity index (χ2v) is 7.81. The molecule has 0 unspecified atom stereocenters. The van der Waals surface area contributed by atoms with Crippen LogP contribution in [-0.2, 0) is 14.3 Å². The van der Waals surface area contributed by atoms with E-state index in [1.54, 1.807) is 0 Å². The molecule has 0 aliphatic heterocycles. The molecule has 0 amide bonds. The SMILES string of the molecule is C[C@H](CC(=O)C(C)(C)C)[C@@H](C)C(=O)OCC(C)(C)C. The van der Waals surface area contributed by atoms with E-state index in [4.69, 9.17) is 4.74 Å². The van der Waals surface area contributed by atoms with E-state index >= 15 is 0 Å². The van der Waals surface area contributed by atoms with E-state index in [2.05, 4.69) is 0 Å². The molecular weight excluding hydrogens is 240 g/mol. The van der Waals surface area contributed by atoms with Gasteiger partial charge in [0.1, 0.15) is 5.78 Å². The smallest absolute Gasteiger partial charge is 0.308 e. The van der Waals surface area contributed by atoms with E-state index in [9.17, 15) is 9.59 Å². The zero-order valence-electron chi connectivity index (χ0n) is 13.8. The summed E-state index contributed by atoms with van der Waals surface area (Å²) in [6, 6.07) is 0. The maximum atomic E-state index is 12.0. The van der Waals surface area contributed by atoms with Gasteiger partial charge in [-0.05, 0) is 11.3 Å². The van der Waals surface area contributed by atoms with Crippen LogP contribution in [0.2, 0.25) is 0 Å². The van der Waals surface area contributed by atoms with Gasteiger partial charge in [0.25, 0.3) is 0 Å². The number of esters is 1. The minimum absolute atomic E-state index is 0.0131. The lowest BCUT2D eigenvalue weighted by Crippen LogP contribution is -2.29. The zero-order valence-corrected chi connectivity index (χ0v) is 13.8. The van der Waals surface area contributed by atoms with E-state index in [0.29, 0.717) is 13.0 Å². The molecule has 0 rings (SSSR count). The Morgan fingerprint density at radius 3 is 1.84 bits per heavy atom. The topological polar surface area (TPSA) is 43.4 Å². The average Bonchev–Trinajstić information content (AvgIpc) is 2.22. The van der Waals surface area contributed by atoms with E-state index < -0.39 is 0 Å². The molecule has 0 aromatic heterocycles. The Morgan fingerprint density at radius 1 is 1.00 bits per heavy atom. The Bertz CT molecular complexity index is 318. The molecule has 0 aliphatic rings. The van der Waals surface area contributed by atoms with E-state index in [1.165, 1.54) is 0 Å². The Hall–Kier alpha value is -0.860. The highest BCUT2D eigenvalue weighted by Crippen LogP contribution is 2.25. The summed E-state index contributed by atoms with van der Waals surface area (Å²) < 4.78 is 5.31. The molecule has 0 N–H and O–H groups in total. The monoisotopic (exact) mass is 270 g/mol. The number of hydrogen-bond donors (Lipinski definition) is 0. The van der Waals surface area contributed by atoms with E-state index in [1.807, 2.05) is 55.4 Å². The predicted molar refractivity (Wildman–Crippen MR) is 77.8 cm³/mol. The van der Waals surface area contributed by atoms with Gasteiger partial charge in [-0.3, -0.25) is 9.59 Å². The molecule has 0 aliphatic carbocycles. The Balaban J connectivity index is 4.37. The molecule has 112 valence electrons. The number of ketones is 1. The number of ether oxygens (including phenoxy) is 1. The lowest BCUT2D eigenvalue weighted by molar-refractivity contribution is -0.152. The number of hydrogen-bond acceptors (Lipinski definition) is 3. The molecule has 0 spiro atoms. The standard InChI is InChI=1S/C16H30O3/c1-11(9-13(17)16(6,7)8)12(2)14(18)19-10-15(3,4)5/h11-12H,9-10H2,1-8H3/t11-,12-/m1/s1. The third-order valence-electron chi connectivity index (χ3n) is 3.22. The Morgan fingerprint density at radius 2 is 1.47 bits per heavy atom. The summed E-state index contributed by atoms with van der Waals surface area (Å²) in [7, 11) is 0. The van der Waals surface area contributed by atoms with E-state index in [0.717, 1.165) is 0 Å². The Kier molecular flexibility index (Phi) is 6.24. The molecule has 0 aromatic rings. The maximum absolute atomic E-state index is 12.0. The van der Waals surface area contributed by atoms with Crippen molar-refractivity contribution in [1.82, 2.24) is 0 Å². The van der Waals surface area contributed by atoms with Gasteiger partial charge in [-0.25, -0.2) is 0 Å². The minimum atomic E-state index is -0.344. The van der Waals surface area contributed by atoms with Crippen molar-refractivity contribution in [1.29, 1.82) is 0 Å². The summed E-state index contributed by atoms with van der Waals surface area (Å²) in [4.78, 5) is 23.9. The zero-order chi connectivity index (χ0) is 15.4. The summed E-state index contributed by atoms with van der Waals surface area (Å²) in [6.07, 6.45) is 0.426. The lowest BCUT2D eigenvalue weighted by Gasteiger charge is -2.24. The van der Waals surface area contributed by atoms with Crippen molar-refractivity contribution in [2.75, 3.05) is 6.61 Å². The van der Waals surface area contributed by atoms with Gasteiger partial charge in [-0.2, -0.15) is 0 Å². The van der Waals surface area contributed by atoms with Crippen LogP contribution in [0.1, 0.15) is 61.8 Å². The molecule has 0 aromatic carbocycles. The third kappa shape index (κ3) is 7.34. The number of carbonyl (C=O) groups excluding carboxylic acids is 2. The maximum Gasteiger partial charge on any atom is 0.308 e. The summed E-state index contributed by atoms with van der Waals surface area (Å²) >= 11 is 0. The second kappa shape index (κ2) is 6.53. The highest BCUT2D eigenvalue weighted by Gasteiger charge is 2.29. The van der Waals surface area contributed by atoms with Crippen LogP contribution in [0.3, 0.4) is 0 Å². The second-order valence-electron chi connectivity index (χ2n) is 7.81. The lowest BCUT2D eigenvalue weighted by atomic mass is 9.82. The summed E-state index contributed by atoms with van der Waals surface area (Å²) in [5, 5.41) is 0. The number of Topliss-reactive ketones (excluding diaryl/α,β-unsaturated/α-hetero) is 1. The largest absolute Gasteiger partial charge is 0.465 e. The van der Waals surface area contributed by atoms with Crippen LogP contribution in [0.5, 0.6) is 0 Å². The Labute approximate surface area is 118 Å². The molecule has 0 fully saturated rings. The van der Waals surface area contributed by atoms with Crippen LogP contribution in [0, 0.1) is 22.7 Å². The molecule has 0 saturated carbocycles. The van der Waals surface area contributed by atoms with Gasteiger partial charge in [0, 0.05) is 11.8 Å². The van der Waals surface area contributed by atoms with Crippen LogP contribution < -0.4 is 0 Å². The minimum Gasteiger partial charge on any atom is -0.465 e. The van der Waals surface area contributed by atoms with Crippen LogP contribution in [-0.4, -0.2) is 18.4 Å². The van der Waals surface area contributed by atoms with E-state index in [-0.39, 0.29) is 34.4 Å². The highest BCUT2D eigenvalue weighted by atomic mass is 16.5. The van der Waals surface area contributed by atoms with Gasteiger partial charge in [-0.1, -0.05) is 55.4 Å². The predicted octanol–water partition coefficient (Wildman–Crippen LogP) is 3.85. The van der Waals surface area contributed by atoms with Crippen LogP contribution >= 0.6 is 0 Å². The molecule has 0 heterocycles. The fraction of sp³-hybridized carbons (Fsp3) is 0.875. The first kappa shape index (κ1) is 18.1. The van der Waals surface area contributed by atoms with Crippen molar-refractivity contribution < 1.29 is 14.3 Å². The third-order valence-corrected chi connectivity index (χ3v) is 3.22. The van der Waals surface area contributed by atoms with Gasteiger partial charge >= 0.3 is 5.97 Å². The molecule has 3 heteroatoms. The first-order valence-corrected chi connectivity index (χ1v) is 7.04. The van der Waals surface area contributed by atoms with Gasteiger partial charge in [0.2, 0.25) is 0 Å². The normalized spacial score (nSPS) is 15.8. The molecule has 19 heavy (non-hydrogen) atoms. The van der Waals surface area contributed by atoms with Gasteiger partial charge in [0.05, 0.1) is 12.5 Å². The molecule has 0 radical (unpaired) electrons. The van der Waals surface area contributed by atoms with Crippen molar-refractivity contribution in [3.05, 3.63) is 0 Å². The summed E-state index contributed by atoms with van der Waals surface area (Å²) in [5.74, 6) is -0.243. The number of rotatable bonds is 5. The first-order chi connectivity index (χ1) is 8.34. The molecule has 0 bridgehead atoms. The van der Waals surface area contributed by atoms with Gasteiger partial charge < -0.3 is 4.74 Å². The molecule has 0 saturated heterocycles. The van der Waals surface area contributed by atoms with Crippen molar-refractivity contribution in [3.8, 4) is 0 Å². The molecule has 3 nitrogen and oxygen atoms in total. The average molecular weight is 270 g/mol. The number of carbonyl (C=O) groups is 2. The van der Waals surface area contributed by atoms with Crippen molar-refractivity contribution in [2.24, 2.45) is 22.7 Å².